The highest BCUT2D eigenvalue weighted by atomic mass is 16.5. The number of nitrogens with one attached hydrogen (secondary N) is 1. The van der Waals surface area contributed by atoms with Gasteiger partial charge in [0, 0.05) is 12.1 Å². The first-order valence-electron chi connectivity index (χ1n) is 7.46. The summed E-state index contributed by atoms with van der Waals surface area (Å²) in [5.74, 6) is 0. The molecule has 3 N–H and O–H groups in total. The van der Waals surface area contributed by atoms with Gasteiger partial charge in [0.05, 0.1) is 0 Å². The number of carbonyl (C=O) groups excluding carboxylic acids is 2. The van der Waals surface area contributed by atoms with Crippen LogP contribution in [-0.2, 0) is 11.3 Å². The first-order valence-corrected chi connectivity index (χ1v) is 7.46. The molecule has 1 amide bonds. The molecule has 2 aromatic carbocycles. The van der Waals surface area contributed by atoms with E-state index in [-0.39, 0.29) is 13.2 Å². The smallest absolute Gasteiger partial charge is 0.407 e. The minimum Gasteiger partial charge on any atom is -0.445 e. The number of aliphatic hydroxyl groups excluding tert-OH is 2. The van der Waals surface area contributed by atoms with Crippen LogP contribution in [0.25, 0.3) is 0 Å². The summed E-state index contributed by atoms with van der Waals surface area (Å²) in [6.45, 7) is -0.0390. The predicted molar refractivity (Wildman–Crippen MR) is 87.4 cm³/mol. The fourth-order valence-corrected chi connectivity index (χ4v) is 2.07. The van der Waals surface area contributed by atoms with Crippen LogP contribution in [0.2, 0.25) is 0 Å². The summed E-state index contributed by atoms with van der Waals surface area (Å²) in [6, 6.07) is 15.4. The number of amides is 1. The van der Waals surface area contributed by atoms with Crippen LogP contribution in [0.3, 0.4) is 0 Å². The van der Waals surface area contributed by atoms with Gasteiger partial charge in [-0.05, 0) is 11.1 Å². The van der Waals surface area contributed by atoms with E-state index in [0.717, 1.165) is 5.56 Å². The number of alkyl carbamates (subject to hydrolysis) is 1. The van der Waals surface area contributed by atoms with Gasteiger partial charge in [-0.25, -0.2) is 4.79 Å². The third-order valence-corrected chi connectivity index (χ3v) is 3.45. The molecule has 0 heterocycles. The minimum atomic E-state index is -1.20. The molecule has 2 atom stereocenters. The Morgan fingerprint density at radius 3 is 2.38 bits per heavy atom. The van der Waals surface area contributed by atoms with Gasteiger partial charge in [-0.1, -0.05) is 54.6 Å². The lowest BCUT2D eigenvalue weighted by molar-refractivity contribution is 0.0184. The van der Waals surface area contributed by atoms with Crippen molar-refractivity contribution in [2.75, 3.05) is 6.54 Å². The van der Waals surface area contributed by atoms with Crippen molar-refractivity contribution in [3.8, 4) is 0 Å². The van der Waals surface area contributed by atoms with E-state index >= 15 is 0 Å². The molecule has 2 rings (SSSR count). The zero-order chi connectivity index (χ0) is 17.4. The molecule has 0 spiro atoms. The van der Waals surface area contributed by atoms with Crippen molar-refractivity contribution in [2.45, 2.75) is 18.8 Å². The van der Waals surface area contributed by atoms with E-state index < -0.39 is 18.3 Å². The van der Waals surface area contributed by atoms with Gasteiger partial charge in [-0.2, -0.15) is 0 Å². The maximum atomic E-state index is 11.6. The molecule has 0 radical (unpaired) electrons. The third-order valence-electron chi connectivity index (χ3n) is 3.45. The molecule has 2 unspecified atom stereocenters. The van der Waals surface area contributed by atoms with Gasteiger partial charge in [0.15, 0.2) is 0 Å². The molecular weight excluding hydrogens is 310 g/mol. The Hall–Kier alpha value is -2.70. The molecule has 0 saturated heterocycles. The lowest BCUT2D eigenvalue weighted by atomic mass is 10.0. The van der Waals surface area contributed by atoms with Crippen molar-refractivity contribution >= 4 is 12.4 Å². The fraction of sp³-hybridized carbons (Fsp3) is 0.222. The molecule has 0 aromatic heterocycles. The number of ether oxygens (including phenoxy) is 1. The number of hydrogen-bond acceptors (Lipinski definition) is 5. The molecule has 0 saturated carbocycles. The highest BCUT2D eigenvalue weighted by Gasteiger charge is 2.19. The SMILES string of the molecule is O=Cc1ccc(C(O)C(O)CNC(=O)OCc2ccccc2)cc1. The molecule has 0 fully saturated rings. The molecule has 6 heteroatoms. The summed E-state index contributed by atoms with van der Waals surface area (Å²) in [5, 5.41) is 22.4. The molecule has 2 aromatic rings. The average Bonchev–Trinajstić information content (AvgIpc) is 2.64. The first-order chi connectivity index (χ1) is 11.6. The van der Waals surface area contributed by atoms with Gasteiger partial charge in [0.25, 0.3) is 0 Å². The van der Waals surface area contributed by atoms with Gasteiger partial charge in [0.2, 0.25) is 0 Å². The number of benzene rings is 2. The van der Waals surface area contributed by atoms with Crippen molar-refractivity contribution < 1.29 is 24.5 Å². The predicted octanol–water partition coefficient (Wildman–Crippen LogP) is 1.82. The van der Waals surface area contributed by atoms with E-state index in [9.17, 15) is 19.8 Å². The Bertz CT molecular complexity index is 657. The first kappa shape index (κ1) is 17.7. The summed E-state index contributed by atoms with van der Waals surface area (Å²) < 4.78 is 5.01. The Balaban J connectivity index is 1.77. The Labute approximate surface area is 139 Å². The van der Waals surface area contributed by atoms with Gasteiger partial charge in [0.1, 0.15) is 25.1 Å². The zero-order valence-electron chi connectivity index (χ0n) is 13.0. The normalized spacial score (nSPS) is 12.9. The second-order valence-electron chi connectivity index (χ2n) is 5.24. The van der Waals surface area contributed by atoms with Gasteiger partial charge >= 0.3 is 6.09 Å². The van der Waals surface area contributed by atoms with E-state index in [1.165, 1.54) is 0 Å². The van der Waals surface area contributed by atoms with Crippen LogP contribution >= 0.6 is 0 Å². The van der Waals surface area contributed by atoms with E-state index in [1.54, 1.807) is 24.3 Å². The maximum Gasteiger partial charge on any atom is 0.407 e. The molecule has 0 bridgehead atoms. The highest BCUT2D eigenvalue weighted by Crippen LogP contribution is 2.17. The minimum absolute atomic E-state index is 0.123. The molecule has 0 aliphatic rings. The Kier molecular flexibility index (Phi) is 6.48. The lowest BCUT2D eigenvalue weighted by Crippen LogP contribution is -2.35. The highest BCUT2D eigenvalue weighted by molar-refractivity contribution is 5.74. The Morgan fingerprint density at radius 2 is 1.75 bits per heavy atom. The Morgan fingerprint density at radius 1 is 1.08 bits per heavy atom. The maximum absolute atomic E-state index is 11.6. The summed E-state index contributed by atoms with van der Waals surface area (Å²) >= 11 is 0. The fourth-order valence-electron chi connectivity index (χ4n) is 2.07. The summed E-state index contributed by atoms with van der Waals surface area (Å²) in [4.78, 5) is 22.2. The van der Waals surface area contributed by atoms with Crippen molar-refractivity contribution in [2.24, 2.45) is 0 Å². The monoisotopic (exact) mass is 329 g/mol. The van der Waals surface area contributed by atoms with Gasteiger partial charge < -0.3 is 20.3 Å². The van der Waals surface area contributed by atoms with Gasteiger partial charge in [-0.3, -0.25) is 4.79 Å². The zero-order valence-corrected chi connectivity index (χ0v) is 13.0. The van der Waals surface area contributed by atoms with Crippen LogP contribution in [0.5, 0.6) is 0 Å². The molecular formula is C18H19NO5. The van der Waals surface area contributed by atoms with E-state index in [4.69, 9.17) is 4.74 Å². The molecule has 126 valence electrons. The van der Waals surface area contributed by atoms with Crippen LogP contribution < -0.4 is 5.32 Å². The molecule has 0 aliphatic carbocycles. The second-order valence-corrected chi connectivity index (χ2v) is 5.24. The number of carbonyl (C=O) groups is 2. The van der Waals surface area contributed by atoms with Crippen LogP contribution in [0.1, 0.15) is 27.6 Å². The topological polar surface area (TPSA) is 95.9 Å². The summed E-state index contributed by atoms with van der Waals surface area (Å²) in [5.41, 5.74) is 1.78. The number of aldehydes is 1. The quantitative estimate of drug-likeness (QED) is 0.674. The number of aliphatic hydroxyl groups is 2. The largest absolute Gasteiger partial charge is 0.445 e. The third kappa shape index (κ3) is 5.19. The van der Waals surface area contributed by atoms with Crippen LogP contribution in [-0.4, -0.2) is 35.2 Å². The van der Waals surface area contributed by atoms with E-state index in [0.29, 0.717) is 17.4 Å². The number of rotatable bonds is 7. The van der Waals surface area contributed by atoms with E-state index in [2.05, 4.69) is 5.32 Å². The number of hydrogen-bond donors (Lipinski definition) is 3. The molecule has 24 heavy (non-hydrogen) atoms. The van der Waals surface area contributed by atoms with Crippen LogP contribution in [0, 0.1) is 0 Å². The van der Waals surface area contributed by atoms with Crippen LogP contribution in [0.4, 0.5) is 4.79 Å². The standard InChI is InChI=1S/C18H19NO5/c20-11-13-6-8-15(9-7-13)17(22)16(21)10-19-18(23)24-12-14-4-2-1-3-5-14/h1-9,11,16-17,21-22H,10,12H2,(H,19,23). The van der Waals surface area contributed by atoms with E-state index in [1.807, 2.05) is 30.3 Å². The summed E-state index contributed by atoms with van der Waals surface area (Å²) in [6.07, 6.45) is -2.37. The average molecular weight is 329 g/mol. The van der Waals surface area contributed by atoms with Crippen molar-refractivity contribution in [3.63, 3.8) is 0 Å². The van der Waals surface area contributed by atoms with Crippen molar-refractivity contribution in [1.29, 1.82) is 0 Å². The van der Waals surface area contributed by atoms with Crippen molar-refractivity contribution in [1.82, 2.24) is 5.32 Å². The van der Waals surface area contributed by atoms with Gasteiger partial charge in [-0.15, -0.1) is 0 Å². The lowest BCUT2D eigenvalue weighted by Gasteiger charge is -2.18. The summed E-state index contributed by atoms with van der Waals surface area (Å²) in [7, 11) is 0. The van der Waals surface area contributed by atoms with Crippen LogP contribution in [0.15, 0.2) is 54.6 Å². The second kappa shape index (κ2) is 8.81. The van der Waals surface area contributed by atoms with Crippen molar-refractivity contribution in [3.05, 3.63) is 71.3 Å². The molecule has 6 nitrogen and oxygen atoms in total. The molecule has 0 aliphatic heterocycles.